The van der Waals surface area contributed by atoms with Crippen molar-refractivity contribution in [2.75, 3.05) is 0 Å². The first kappa shape index (κ1) is 13.1. The highest BCUT2D eigenvalue weighted by Crippen LogP contribution is 2.36. The lowest BCUT2D eigenvalue weighted by molar-refractivity contribution is 0.712. The van der Waals surface area contributed by atoms with Crippen LogP contribution in [0.4, 0.5) is 0 Å². The summed E-state index contributed by atoms with van der Waals surface area (Å²) >= 11 is 11.4. The average Bonchev–Trinajstić information content (AvgIpc) is 2.80. The molecule has 17 heavy (non-hydrogen) atoms. The maximum absolute atomic E-state index is 6.21. The van der Waals surface area contributed by atoms with Gasteiger partial charge in [-0.25, -0.2) is 0 Å². The molecule has 1 aromatic heterocycles. The Balaban J connectivity index is 2.40. The van der Waals surface area contributed by atoms with Gasteiger partial charge in [0.15, 0.2) is 0 Å². The summed E-state index contributed by atoms with van der Waals surface area (Å²) in [6, 6.07) is 10.2. The van der Waals surface area contributed by atoms with E-state index >= 15 is 0 Å². The molecule has 0 spiro atoms. The fourth-order valence-electron chi connectivity index (χ4n) is 1.58. The summed E-state index contributed by atoms with van der Waals surface area (Å²) in [7, 11) is 0. The molecular formula is C13H13BrClNS. The topological polar surface area (TPSA) is 26.0 Å². The third kappa shape index (κ3) is 2.91. The SMILES string of the molecule is CCC(N)c1ccc(-c2cc(Br)ccc2Cl)s1. The van der Waals surface area contributed by atoms with Crippen molar-refractivity contribution >= 4 is 38.9 Å². The summed E-state index contributed by atoms with van der Waals surface area (Å²) in [5, 5.41) is 0.770. The summed E-state index contributed by atoms with van der Waals surface area (Å²) in [4.78, 5) is 2.37. The van der Waals surface area contributed by atoms with Crippen molar-refractivity contribution in [1.82, 2.24) is 0 Å². The lowest BCUT2D eigenvalue weighted by Gasteiger charge is -2.05. The van der Waals surface area contributed by atoms with E-state index in [4.69, 9.17) is 17.3 Å². The Hall–Kier alpha value is -0.350. The van der Waals surface area contributed by atoms with E-state index in [0.717, 1.165) is 26.4 Å². The van der Waals surface area contributed by atoms with E-state index in [0.29, 0.717) is 0 Å². The number of nitrogens with two attached hydrogens (primary N) is 1. The molecule has 0 aliphatic rings. The molecule has 1 nitrogen and oxygen atoms in total. The number of rotatable bonds is 3. The van der Waals surface area contributed by atoms with Crippen molar-refractivity contribution in [3.05, 3.63) is 44.7 Å². The molecule has 1 unspecified atom stereocenters. The summed E-state index contributed by atoms with van der Waals surface area (Å²) < 4.78 is 1.03. The van der Waals surface area contributed by atoms with Crippen LogP contribution < -0.4 is 5.73 Å². The summed E-state index contributed by atoms with van der Waals surface area (Å²) in [6.07, 6.45) is 0.951. The van der Waals surface area contributed by atoms with E-state index in [1.807, 2.05) is 18.2 Å². The summed E-state index contributed by atoms with van der Waals surface area (Å²) in [5.74, 6) is 0. The minimum absolute atomic E-state index is 0.125. The van der Waals surface area contributed by atoms with Gasteiger partial charge in [0.25, 0.3) is 0 Å². The lowest BCUT2D eigenvalue weighted by Crippen LogP contribution is -2.05. The van der Waals surface area contributed by atoms with Gasteiger partial charge in [-0.1, -0.05) is 34.5 Å². The van der Waals surface area contributed by atoms with Gasteiger partial charge in [0.2, 0.25) is 0 Å². The predicted octanol–water partition coefficient (Wildman–Crippen LogP) is 5.24. The van der Waals surface area contributed by atoms with E-state index in [1.54, 1.807) is 11.3 Å². The predicted molar refractivity (Wildman–Crippen MR) is 79.7 cm³/mol. The Kier molecular flexibility index (Phi) is 4.26. The van der Waals surface area contributed by atoms with Crippen molar-refractivity contribution in [2.45, 2.75) is 19.4 Å². The molecule has 0 aliphatic carbocycles. The standard InChI is InChI=1S/C13H13BrClNS/c1-2-11(16)13-6-5-12(17-13)9-7-8(14)3-4-10(9)15/h3-7,11H,2,16H2,1H3. The zero-order chi connectivity index (χ0) is 12.4. The lowest BCUT2D eigenvalue weighted by atomic mass is 10.2. The van der Waals surface area contributed by atoms with Crippen LogP contribution >= 0.6 is 38.9 Å². The Bertz CT molecular complexity index is 524. The largest absolute Gasteiger partial charge is 0.323 e. The van der Waals surface area contributed by atoms with Gasteiger partial charge in [0.05, 0.1) is 0 Å². The molecule has 0 aliphatic heterocycles. The van der Waals surface area contributed by atoms with Crippen LogP contribution in [0.25, 0.3) is 10.4 Å². The van der Waals surface area contributed by atoms with Gasteiger partial charge < -0.3 is 5.73 Å². The van der Waals surface area contributed by atoms with Gasteiger partial charge in [-0.05, 0) is 36.8 Å². The second-order valence-corrected chi connectivity index (χ2v) is 6.28. The van der Waals surface area contributed by atoms with Gasteiger partial charge in [-0.15, -0.1) is 11.3 Å². The van der Waals surface area contributed by atoms with E-state index in [2.05, 4.69) is 35.0 Å². The van der Waals surface area contributed by atoms with Crippen molar-refractivity contribution in [3.8, 4) is 10.4 Å². The Morgan fingerprint density at radius 3 is 2.82 bits per heavy atom. The van der Waals surface area contributed by atoms with Crippen molar-refractivity contribution in [1.29, 1.82) is 0 Å². The van der Waals surface area contributed by atoms with E-state index in [-0.39, 0.29) is 6.04 Å². The van der Waals surface area contributed by atoms with Crippen LogP contribution in [0.3, 0.4) is 0 Å². The van der Waals surface area contributed by atoms with Crippen LogP contribution in [-0.4, -0.2) is 0 Å². The normalized spacial score (nSPS) is 12.7. The first-order valence-corrected chi connectivity index (χ1v) is 7.41. The fourth-order valence-corrected chi connectivity index (χ4v) is 3.34. The summed E-state index contributed by atoms with van der Waals surface area (Å²) in [6.45, 7) is 2.09. The van der Waals surface area contributed by atoms with Crippen LogP contribution in [0.15, 0.2) is 34.8 Å². The molecule has 0 amide bonds. The first-order valence-electron chi connectivity index (χ1n) is 5.42. The smallest absolute Gasteiger partial charge is 0.0493 e. The molecule has 2 rings (SSSR count). The van der Waals surface area contributed by atoms with Gasteiger partial charge in [0.1, 0.15) is 0 Å². The number of halogens is 2. The monoisotopic (exact) mass is 329 g/mol. The molecule has 0 radical (unpaired) electrons. The second-order valence-electron chi connectivity index (χ2n) is 3.84. The summed E-state index contributed by atoms with van der Waals surface area (Å²) in [5.41, 5.74) is 7.08. The van der Waals surface area contributed by atoms with Gasteiger partial charge in [0, 0.05) is 30.9 Å². The molecule has 1 heterocycles. The van der Waals surface area contributed by atoms with Crippen LogP contribution in [0, 0.1) is 0 Å². The average molecular weight is 331 g/mol. The van der Waals surface area contributed by atoms with Crippen molar-refractivity contribution in [2.24, 2.45) is 5.73 Å². The zero-order valence-corrected chi connectivity index (χ0v) is 12.6. The third-order valence-electron chi connectivity index (χ3n) is 2.63. The minimum atomic E-state index is 0.125. The molecular weight excluding hydrogens is 318 g/mol. The molecule has 90 valence electrons. The third-order valence-corrected chi connectivity index (χ3v) is 4.70. The van der Waals surface area contributed by atoms with E-state index in [9.17, 15) is 0 Å². The molecule has 2 N–H and O–H groups in total. The number of hydrogen-bond acceptors (Lipinski definition) is 2. The van der Waals surface area contributed by atoms with Crippen LogP contribution in [0.1, 0.15) is 24.3 Å². The molecule has 0 saturated heterocycles. The Morgan fingerprint density at radius 2 is 2.12 bits per heavy atom. The maximum Gasteiger partial charge on any atom is 0.0493 e. The van der Waals surface area contributed by atoms with Crippen LogP contribution in [-0.2, 0) is 0 Å². The molecule has 0 bridgehead atoms. The number of benzene rings is 1. The Labute approximate surface area is 119 Å². The number of hydrogen-bond donors (Lipinski definition) is 1. The molecule has 2 aromatic rings. The van der Waals surface area contributed by atoms with Crippen LogP contribution in [0.2, 0.25) is 5.02 Å². The fraction of sp³-hybridized carbons (Fsp3) is 0.231. The highest BCUT2D eigenvalue weighted by atomic mass is 79.9. The Morgan fingerprint density at radius 1 is 1.35 bits per heavy atom. The zero-order valence-electron chi connectivity index (χ0n) is 9.41. The minimum Gasteiger partial charge on any atom is -0.323 e. The number of thiophene rings is 1. The highest BCUT2D eigenvalue weighted by Gasteiger charge is 2.10. The molecule has 0 saturated carbocycles. The highest BCUT2D eigenvalue weighted by molar-refractivity contribution is 9.10. The molecule has 1 aromatic carbocycles. The van der Waals surface area contributed by atoms with E-state index in [1.165, 1.54) is 4.88 Å². The van der Waals surface area contributed by atoms with Crippen molar-refractivity contribution < 1.29 is 0 Å². The molecule has 0 fully saturated rings. The van der Waals surface area contributed by atoms with Crippen LogP contribution in [0.5, 0.6) is 0 Å². The van der Waals surface area contributed by atoms with Gasteiger partial charge in [-0.3, -0.25) is 0 Å². The van der Waals surface area contributed by atoms with E-state index < -0.39 is 0 Å². The van der Waals surface area contributed by atoms with Gasteiger partial charge in [-0.2, -0.15) is 0 Å². The quantitative estimate of drug-likeness (QED) is 0.818. The molecule has 4 heteroatoms. The second kappa shape index (κ2) is 5.53. The maximum atomic E-state index is 6.21. The molecule has 1 atom stereocenters. The van der Waals surface area contributed by atoms with Gasteiger partial charge >= 0.3 is 0 Å². The first-order chi connectivity index (χ1) is 8.11. The van der Waals surface area contributed by atoms with Crippen molar-refractivity contribution in [3.63, 3.8) is 0 Å².